The second-order valence-corrected chi connectivity index (χ2v) is 5.53. The standard InChI is InChI=1S/C14H26N4O/c1-12(17-7-5-3-4-6-8-17)11-14-15-13(2)16-18(14)9-10-19/h12,19H,3-11H2,1-2H3. The second-order valence-electron chi connectivity index (χ2n) is 5.53. The number of aryl methyl sites for hydroxylation is 1. The summed E-state index contributed by atoms with van der Waals surface area (Å²) in [5.41, 5.74) is 0. The van der Waals surface area contributed by atoms with Crippen LogP contribution in [0.15, 0.2) is 0 Å². The van der Waals surface area contributed by atoms with Gasteiger partial charge in [0, 0.05) is 12.5 Å². The van der Waals surface area contributed by atoms with Gasteiger partial charge in [0.2, 0.25) is 0 Å². The zero-order chi connectivity index (χ0) is 13.7. The van der Waals surface area contributed by atoms with Gasteiger partial charge in [-0.3, -0.25) is 0 Å². The van der Waals surface area contributed by atoms with E-state index in [1.807, 2.05) is 11.6 Å². The van der Waals surface area contributed by atoms with E-state index in [2.05, 4.69) is 21.9 Å². The first kappa shape index (κ1) is 14.5. The Morgan fingerprint density at radius 2 is 1.89 bits per heavy atom. The van der Waals surface area contributed by atoms with Gasteiger partial charge in [0.15, 0.2) is 0 Å². The Morgan fingerprint density at radius 1 is 1.21 bits per heavy atom. The topological polar surface area (TPSA) is 54.2 Å². The highest BCUT2D eigenvalue weighted by Gasteiger charge is 2.18. The third-order valence-corrected chi connectivity index (χ3v) is 3.91. The zero-order valence-corrected chi connectivity index (χ0v) is 12.2. The average molecular weight is 266 g/mol. The number of aromatic nitrogens is 3. The lowest BCUT2D eigenvalue weighted by Gasteiger charge is -2.27. The van der Waals surface area contributed by atoms with Gasteiger partial charge in [-0.15, -0.1) is 0 Å². The van der Waals surface area contributed by atoms with Gasteiger partial charge in [-0.2, -0.15) is 5.10 Å². The summed E-state index contributed by atoms with van der Waals surface area (Å²) in [5.74, 6) is 1.80. The van der Waals surface area contributed by atoms with Crippen LogP contribution in [0.2, 0.25) is 0 Å². The van der Waals surface area contributed by atoms with Gasteiger partial charge in [-0.1, -0.05) is 12.8 Å². The minimum absolute atomic E-state index is 0.119. The fourth-order valence-corrected chi connectivity index (χ4v) is 2.85. The first-order valence-electron chi connectivity index (χ1n) is 7.46. The van der Waals surface area contributed by atoms with Crippen molar-refractivity contribution in [1.82, 2.24) is 19.7 Å². The lowest BCUT2D eigenvalue weighted by Crippen LogP contribution is -2.36. The monoisotopic (exact) mass is 266 g/mol. The van der Waals surface area contributed by atoms with E-state index < -0.39 is 0 Å². The molecule has 1 N–H and O–H groups in total. The molecule has 2 heterocycles. The molecule has 1 atom stereocenters. The predicted molar refractivity (Wildman–Crippen MR) is 75.1 cm³/mol. The summed E-state index contributed by atoms with van der Waals surface area (Å²) < 4.78 is 1.85. The van der Waals surface area contributed by atoms with Crippen molar-refractivity contribution < 1.29 is 5.11 Å². The van der Waals surface area contributed by atoms with E-state index in [-0.39, 0.29) is 6.61 Å². The molecule has 1 saturated heterocycles. The third kappa shape index (κ3) is 4.01. The van der Waals surface area contributed by atoms with Crippen molar-refractivity contribution in [1.29, 1.82) is 0 Å². The Kier molecular flexibility index (Phi) is 5.34. The SMILES string of the molecule is Cc1nc(CC(C)N2CCCCCC2)n(CCO)n1. The Morgan fingerprint density at radius 3 is 2.53 bits per heavy atom. The molecule has 1 aromatic heterocycles. The van der Waals surface area contributed by atoms with Crippen LogP contribution >= 0.6 is 0 Å². The molecule has 5 heteroatoms. The maximum Gasteiger partial charge on any atom is 0.147 e. The van der Waals surface area contributed by atoms with Crippen LogP contribution < -0.4 is 0 Å². The number of hydrogen-bond acceptors (Lipinski definition) is 4. The summed E-state index contributed by atoms with van der Waals surface area (Å²) >= 11 is 0. The van der Waals surface area contributed by atoms with Gasteiger partial charge in [-0.05, 0) is 39.8 Å². The predicted octanol–water partition coefficient (Wildman–Crippen LogP) is 1.39. The Labute approximate surface area is 115 Å². The molecule has 0 amide bonds. The summed E-state index contributed by atoms with van der Waals surface area (Å²) in [6.45, 7) is 7.26. The summed E-state index contributed by atoms with van der Waals surface area (Å²) in [5, 5.41) is 13.4. The smallest absolute Gasteiger partial charge is 0.147 e. The van der Waals surface area contributed by atoms with Crippen molar-refractivity contribution in [2.24, 2.45) is 0 Å². The van der Waals surface area contributed by atoms with Crippen LogP contribution in [0.4, 0.5) is 0 Å². The van der Waals surface area contributed by atoms with E-state index >= 15 is 0 Å². The van der Waals surface area contributed by atoms with E-state index in [0.717, 1.165) is 18.1 Å². The number of aliphatic hydroxyl groups is 1. The molecular weight excluding hydrogens is 240 g/mol. The van der Waals surface area contributed by atoms with E-state index in [9.17, 15) is 0 Å². The molecule has 2 rings (SSSR count). The molecule has 1 unspecified atom stereocenters. The lowest BCUT2D eigenvalue weighted by molar-refractivity contribution is 0.210. The highest BCUT2D eigenvalue weighted by Crippen LogP contribution is 2.15. The Balaban J connectivity index is 1.98. The maximum atomic E-state index is 9.07. The molecule has 0 bridgehead atoms. The van der Waals surface area contributed by atoms with Crippen LogP contribution in [-0.2, 0) is 13.0 Å². The molecule has 1 aliphatic rings. The molecule has 108 valence electrons. The van der Waals surface area contributed by atoms with Gasteiger partial charge in [0.05, 0.1) is 13.2 Å². The molecule has 5 nitrogen and oxygen atoms in total. The van der Waals surface area contributed by atoms with Gasteiger partial charge >= 0.3 is 0 Å². The van der Waals surface area contributed by atoms with Crippen LogP contribution in [0.25, 0.3) is 0 Å². The second kappa shape index (κ2) is 7.01. The van der Waals surface area contributed by atoms with Gasteiger partial charge < -0.3 is 10.0 Å². The molecule has 0 aromatic carbocycles. The Hall–Kier alpha value is -0.940. The third-order valence-electron chi connectivity index (χ3n) is 3.91. The molecule has 1 aliphatic heterocycles. The maximum absolute atomic E-state index is 9.07. The van der Waals surface area contributed by atoms with Crippen LogP contribution in [0, 0.1) is 6.92 Å². The number of rotatable bonds is 5. The highest BCUT2D eigenvalue weighted by atomic mass is 16.3. The van der Waals surface area contributed by atoms with Crippen LogP contribution in [-0.4, -0.2) is 50.5 Å². The van der Waals surface area contributed by atoms with Crippen molar-refractivity contribution in [2.75, 3.05) is 19.7 Å². The summed E-state index contributed by atoms with van der Waals surface area (Å²) in [4.78, 5) is 7.07. The van der Waals surface area contributed by atoms with Gasteiger partial charge in [0.25, 0.3) is 0 Å². The van der Waals surface area contributed by atoms with E-state index in [1.54, 1.807) is 0 Å². The van der Waals surface area contributed by atoms with E-state index in [4.69, 9.17) is 5.11 Å². The number of nitrogens with zero attached hydrogens (tertiary/aromatic N) is 4. The van der Waals surface area contributed by atoms with Crippen molar-refractivity contribution in [3.63, 3.8) is 0 Å². The summed E-state index contributed by atoms with van der Waals surface area (Å²) in [6, 6.07) is 0.499. The van der Waals surface area contributed by atoms with Crippen molar-refractivity contribution in [2.45, 2.75) is 58.5 Å². The van der Waals surface area contributed by atoms with Crippen LogP contribution in [0.5, 0.6) is 0 Å². The minimum Gasteiger partial charge on any atom is -0.394 e. The number of hydrogen-bond donors (Lipinski definition) is 1. The quantitative estimate of drug-likeness (QED) is 0.875. The average Bonchev–Trinajstić information content (AvgIpc) is 2.60. The number of likely N-dealkylation sites (tertiary alicyclic amines) is 1. The normalized spacial score (nSPS) is 19.3. The van der Waals surface area contributed by atoms with Crippen molar-refractivity contribution in [3.05, 3.63) is 11.6 Å². The molecule has 1 fully saturated rings. The summed E-state index contributed by atoms with van der Waals surface area (Å²) in [6.07, 6.45) is 6.27. The fourth-order valence-electron chi connectivity index (χ4n) is 2.85. The fraction of sp³-hybridized carbons (Fsp3) is 0.857. The largest absolute Gasteiger partial charge is 0.394 e. The van der Waals surface area contributed by atoms with Gasteiger partial charge in [0.1, 0.15) is 11.6 Å². The molecule has 0 aliphatic carbocycles. The first-order valence-corrected chi connectivity index (χ1v) is 7.46. The summed E-state index contributed by atoms with van der Waals surface area (Å²) in [7, 11) is 0. The zero-order valence-electron chi connectivity index (χ0n) is 12.2. The first-order chi connectivity index (χ1) is 9.20. The van der Waals surface area contributed by atoms with Crippen LogP contribution in [0.1, 0.15) is 44.3 Å². The lowest BCUT2D eigenvalue weighted by atomic mass is 10.2. The number of aliphatic hydroxyl groups excluding tert-OH is 1. The van der Waals surface area contributed by atoms with E-state index in [1.165, 1.54) is 38.8 Å². The molecule has 0 spiro atoms. The minimum atomic E-state index is 0.119. The molecule has 0 saturated carbocycles. The van der Waals surface area contributed by atoms with Crippen molar-refractivity contribution in [3.8, 4) is 0 Å². The molecular formula is C14H26N4O. The molecule has 0 radical (unpaired) electrons. The Bertz CT molecular complexity index is 383. The highest BCUT2D eigenvalue weighted by molar-refractivity contribution is 4.94. The van der Waals surface area contributed by atoms with Crippen LogP contribution in [0.3, 0.4) is 0 Å². The van der Waals surface area contributed by atoms with Crippen molar-refractivity contribution >= 4 is 0 Å². The van der Waals surface area contributed by atoms with Gasteiger partial charge in [-0.25, -0.2) is 9.67 Å². The van der Waals surface area contributed by atoms with E-state index in [0.29, 0.717) is 12.6 Å². The molecule has 1 aromatic rings. The molecule has 19 heavy (non-hydrogen) atoms.